The predicted molar refractivity (Wildman–Crippen MR) is 65.7 cm³/mol. The van der Waals surface area contributed by atoms with Gasteiger partial charge < -0.3 is 5.73 Å². The minimum Gasteiger partial charge on any atom is -0.394 e. The van der Waals surface area contributed by atoms with Gasteiger partial charge in [0.15, 0.2) is 0 Å². The van der Waals surface area contributed by atoms with Gasteiger partial charge in [0, 0.05) is 5.75 Å². The van der Waals surface area contributed by atoms with E-state index in [1.807, 2.05) is 0 Å². The third kappa shape index (κ3) is 4.16. The van der Waals surface area contributed by atoms with E-state index < -0.39 is 11.7 Å². The second-order valence-corrected chi connectivity index (χ2v) is 4.75. The Labute approximate surface area is 107 Å². The first-order chi connectivity index (χ1) is 7.84. The molecule has 1 rings (SSSR count). The van der Waals surface area contributed by atoms with Crippen LogP contribution in [0.25, 0.3) is 0 Å². The van der Waals surface area contributed by atoms with Crippen molar-refractivity contribution in [3.63, 3.8) is 0 Å². The summed E-state index contributed by atoms with van der Waals surface area (Å²) < 4.78 is 37.7. The Bertz CT molecular complexity index is 429. The Morgan fingerprint density at radius 2 is 2.12 bits per heavy atom. The maximum Gasteiger partial charge on any atom is 0.417 e. The summed E-state index contributed by atoms with van der Waals surface area (Å²) in [5.41, 5.74) is 5.28. The van der Waals surface area contributed by atoms with Crippen molar-refractivity contribution in [2.75, 3.05) is 0 Å². The van der Waals surface area contributed by atoms with Crippen molar-refractivity contribution in [2.45, 2.75) is 18.9 Å². The fourth-order valence-corrected chi connectivity index (χ4v) is 2.03. The maximum atomic E-state index is 12.6. The lowest BCUT2D eigenvalue weighted by Gasteiger charge is -2.10. The second kappa shape index (κ2) is 5.69. The zero-order chi connectivity index (χ0) is 13.1. The molecule has 0 spiro atoms. The lowest BCUT2D eigenvalue weighted by atomic mass is 10.1. The van der Waals surface area contributed by atoms with Gasteiger partial charge in [0.25, 0.3) is 0 Å². The molecule has 0 saturated heterocycles. The SMILES string of the molecule is C/C=C(\N)SCc1ccc(Cl)c(C(F)(F)F)c1. The summed E-state index contributed by atoms with van der Waals surface area (Å²) in [6, 6.07) is 3.87. The summed E-state index contributed by atoms with van der Waals surface area (Å²) in [6.07, 6.45) is -2.73. The Balaban J connectivity index is 2.90. The number of benzene rings is 1. The van der Waals surface area contributed by atoms with Crippen LogP contribution in [-0.4, -0.2) is 0 Å². The van der Waals surface area contributed by atoms with Crippen molar-refractivity contribution in [1.29, 1.82) is 0 Å². The van der Waals surface area contributed by atoms with Crippen molar-refractivity contribution in [2.24, 2.45) is 5.73 Å². The molecule has 0 bridgehead atoms. The molecule has 17 heavy (non-hydrogen) atoms. The third-order valence-corrected chi connectivity index (χ3v) is 3.40. The van der Waals surface area contributed by atoms with Crippen molar-refractivity contribution >= 4 is 23.4 Å². The molecule has 0 aliphatic carbocycles. The van der Waals surface area contributed by atoms with E-state index in [9.17, 15) is 13.2 Å². The van der Waals surface area contributed by atoms with Gasteiger partial charge in [-0.2, -0.15) is 13.2 Å². The van der Waals surface area contributed by atoms with Crippen LogP contribution in [0.2, 0.25) is 5.02 Å². The highest BCUT2D eigenvalue weighted by atomic mass is 35.5. The molecule has 0 radical (unpaired) electrons. The Morgan fingerprint density at radius 3 is 2.65 bits per heavy atom. The van der Waals surface area contributed by atoms with Crippen LogP contribution in [0.5, 0.6) is 0 Å². The van der Waals surface area contributed by atoms with Gasteiger partial charge >= 0.3 is 6.18 Å². The summed E-state index contributed by atoms with van der Waals surface area (Å²) in [5, 5.41) is 0.291. The number of rotatable bonds is 3. The van der Waals surface area contributed by atoms with E-state index in [4.69, 9.17) is 17.3 Å². The normalized spacial score (nSPS) is 12.9. The van der Waals surface area contributed by atoms with Crippen LogP contribution in [0, 0.1) is 0 Å². The molecule has 1 aromatic carbocycles. The van der Waals surface area contributed by atoms with E-state index >= 15 is 0 Å². The average molecular weight is 282 g/mol. The molecule has 0 saturated carbocycles. The first-order valence-corrected chi connectivity index (χ1v) is 6.11. The number of alkyl halides is 3. The lowest BCUT2D eigenvalue weighted by Crippen LogP contribution is -2.06. The number of halogens is 4. The first-order valence-electron chi connectivity index (χ1n) is 4.75. The highest BCUT2D eigenvalue weighted by molar-refractivity contribution is 8.02. The van der Waals surface area contributed by atoms with E-state index in [1.54, 1.807) is 19.1 Å². The standard InChI is InChI=1S/C11H11ClF3NS/c1-2-10(16)17-6-7-3-4-9(12)8(5-7)11(13,14)15/h2-5H,6,16H2,1H3/b10-2+. The molecular formula is C11H11ClF3NS. The molecule has 94 valence electrons. The van der Waals surface area contributed by atoms with Crippen LogP contribution in [0.15, 0.2) is 29.3 Å². The summed E-state index contributed by atoms with van der Waals surface area (Å²) in [6.45, 7) is 1.77. The van der Waals surface area contributed by atoms with E-state index in [0.717, 1.165) is 6.07 Å². The third-order valence-electron chi connectivity index (χ3n) is 2.03. The molecule has 0 heterocycles. The van der Waals surface area contributed by atoms with E-state index in [-0.39, 0.29) is 5.02 Å². The van der Waals surface area contributed by atoms with Crippen LogP contribution in [0.1, 0.15) is 18.1 Å². The van der Waals surface area contributed by atoms with Gasteiger partial charge in [-0.1, -0.05) is 23.7 Å². The Kier molecular flexibility index (Phi) is 4.77. The summed E-state index contributed by atoms with van der Waals surface area (Å²) in [4.78, 5) is 0. The predicted octanol–water partition coefficient (Wildman–Crippen LogP) is 4.41. The number of hydrogen-bond donors (Lipinski definition) is 1. The molecular weight excluding hydrogens is 271 g/mol. The number of nitrogens with two attached hydrogens (primary N) is 1. The molecule has 0 fully saturated rings. The molecule has 2 N–H and O–H groups in total. The zero-order valence-electron chi connectivity index (χ0n) is 9.01. The van der Waals surface area contributed by atoms with E-state index in [1.165, 1.54) is 17.8 Å². The van der Waals surface area contributed by atoms with Gasteiger partial charge in [-0.3, -0.25) is 0 Å². The number of thioether (sulfide) groups is 1. The minimum atomic E-state index is -4.43. The van der Waals surface area contributed by atoms with Gasteiger partial charge in [0.2, 0.25) is 0 Å². The second-order valence-electron chi connectivity index (χ2n) is 3.29. The van der Waals surface area contributed by atoms with Crippen LogP contribution in [0.4, 0.5) is 13.2 Å². The fourth-order valence-electron chi connectivity index (χ4n) is 1.13. The molecule has 0 aromatic heterocycles. The lowest BCUT2D eigenvalue weighted by molar-refractivity contribution is -0.137. The monoisotopic (exact) mass is 281 g/mol. The molecule has 0 aliphatic heterocycles. The minimum absolute atomic E-state index is 0.287. The van der Waals surface area contributed by atoms with Crippen LogP contribution in [-0.2, 0) is 11.9 Å². The maximum absolute atomic E-state index is 12.6. The van der Waals surface area contributed by atoms with Gasteiger partial charge in [-0.05, 0) is 24.6 Å². The highest BCUT2D eigenvalue weighted by Crippen LogP contribution is 2.35. The molecule has 0 amide bonds. The van der Waals surface area contributed by atoms with Crippen molar-refractivity contribution in [3.8, 4) is 0 Å². The number of allylic oxidation sites excluding steroid dienone is 1. The smallest absolute Gasteiger partial charge is 0.394 e. The molecule has 1 nitrogen and oxygen atoms in total. The first kappa shape index (κ1) is 14.3. The van der Waals surface area contributed by atoms with Gasteiger partial charge in [-0.15, -0.1) is 11.8 Å². The average Bonchev–Trinajstić information content (AvgIpc) is 2.26. The van der Waals surface area contributed by atoms with Gasteiger partial charge in [-0.25, -0.2) is 0 Å². The largest absolute Gasteiger partial charge is 0.417 e. The number of hydrogen-bond acceptors (Lipinski definition) is 2. The van der Waals surface area contributed by atoms with Gasteiger partial charge in [0.05, 0.1) is 15.6 Å². The van der Waals surface area contributed by atoms with E-state index in [0.29, 0.717) is 16.3 Å². The van der Waals surface area contributed by atoms with Crippen LogP contribution in [0.3, 0.4) is 0 Å². The zero-order valence-corrected chi connectivity index (χ0v) is 10.6. The molecule has 0 unspecified atom stereocenters. The summed E-state index contributed by atoms with van der Waals surface area (Å²) in [7, 11) is 0. The summed E-state index contributed by atoms with van der Waals surface area (Å²) >= 11 is 6.79. The Hall–Kier alpha value is -0.810. The molecule has 0 aliphatic rings. The quantitative estimate of drug-likeness (QED) is 0.888. The van der Waals surface area contributed by atoms with E-state index in [2.05, 4.69) is 0 Å². The topological polar surface area (TPSA) is 26.0 Å². The van der Waals surface area contributed by atoms with Crippen molar-refractivity contribution < 1.29 is 13.2 Å². The van der Waals surface area contributed by atoms with Crippen molar-refractivity contribution in [1.82, 2.24) is 0 Å². The summed E-state index contributed by atoms with van der Waals surface area (Å²) in [5.74, 6) is 0.385. The molecule has 6 heteroatoms. The molecule has 1 aromatic rings. The fraction of sp³-hybridized carbons (Fsp3) is 0.273. The highest BCUT2D eigenvalue weighted by Gasteiger charge is 2.33. The van der Waals surface area contributed by atoms with Crippen molar-refractivity contribution in [3.05, 3.63) is 45.5 Å². The van der Waals surface area contributed by atoms with Crippen LogP contribution < -0.4 is 5.73 Å². The van der Waals surface area contributed by atoms with Gasteiger partial charge in [0.1, 0.15) is 0 Å². The molecule has 0 atom stereocenters. The Morgan fingerprint density at radius 1 is 1.47 bits per heavy atom. The van der Waals surface area contributed by atoms with Crippen LogP contribution >= 0.6 is 23.4 Å².